The van der Waals surface area contributed by atoms with Gasteiger partial charge in [0.1, 0.15) is 36.0 Å². The largest absolute Gasteiger partial charge is 0.496 e. The molecule has 2 aromatic carbocycles. The van der Waals surface area contributed by atoms with Gasteiger partial charge in [-0.05, 0) is 75.0 Å². The third-order valence-corrected chi connectivity index (χ3v) is 14.2. The molecular formula is C48H56ClN9O8S. The fourth-order valence-corrected chi connectivity index (χ4v) is 10.4. The molecule has 6 heterocycles. The van der Waals surface area contributed by atoms with E-state index in [1.807, 2.05) is 42.2 Å². The van der Waals surface area contributed by atoms with E-state index in [0.29, 0.717) is 88.8 Å². The van der Waals surface area contributed by atoms with Crippen molar-refractivity contribution in [3.05, 3.63) is 92.0 Å². The summed E-state index contributed by atoms with van der Waals surface area (Å²) in [5.41, 5.74) is 3.67. The van der Waals surface area contributed by atoms with Crippen LogP contribution in [0, 0.1) is 5.92 Å². The van der Waals surface area contributed by atoms with Crippen LogP contribution in [0.4, 0.5) is 17.2 Å². The van der Waals surface area contributed by atoms with Crippen LogP contribution in [0.2, 0.25) is 4.34 Å². The Morgan fingerprint density at radius 2 is 1.85 bits per heavy atom. The molecule has 2 aromatic heterocycles. The van der Waals surface area contributed by atoms with Crippen molar-refractivity contribution < 1.29 is 38.2 Å². The second-order valence-corrected chi connectivity index (χ2v) is 19.1. The summed E-state index contributed by atoms with van der Waals surface area (Å²) in [6.45, 7) is 6.84. The van der Waals surface area contributed by atoms with Crippen molar-refractivity contribution in [2.24, 2.45) is 5.92 Å². The van der Waals surface area contributed by atoms with Gasteiger partial charge >= 0.3 is 0 Å². The SMILES string of the molecule is CC[C@@H]1C(=O)N(C)c2cnc(Cc3ccc(C(=O)CC4CCN(CCNCCOCC(=O)Nc5cccc6c5CN(C5CCC(=O)NC5=O)C6=O)CC4)cc3OC)nc2N1Cc1ccc(Cl)s1. The highest BCUT2D eigenvalue weighted by molar-refractivity contribution is 7.16. The number of nitrogens with zero attached hydrogens (tertiary/aromatic N) is 6. The lowest BCUT2D eigenvalue weighted by molar-refractivity contribution is -0.137. The summed E-state index contributed by atoms with van der Waals surface area (Å²) < 4.78 is 12.1. The van der Waals surface area contributed by atoms with Gasteiger partial charge in [0, 0.05) is 85.3 Å². The van der Waals surface area contributed by atoms with Gasteiger partial charge in [0.15, 0.2) is 11.6 Å². The average molecular weight is 955 g/mol. The molecule has 0 aliphatic carbocycles. The Bertz CT molecular complexity index is 2530. The number of imide groups is 1. The van der Waals surface area contributed by atoms with Crippen LogP contribution in [0.25, 0.3) is 0 Å². The van der Waals surface area contributed by atoms with E-state index < -0.39 is 11.9 Å². The number of benzene rings is 2. The molecule has 2 fully saturated rings. The Kier molecular flexibility index (Phi) is 15.3. The number of piperidine rings is 2. The summed E-state index contributed by atoms with van der Waals surface area (Å²) in [5.74, 6) is 0.763. The maximum absolute atomic E-state index is 13.5. The standard InChI is InChI=1S/C48H56ClN9O8S/c1-4-36-48(64)55(2)38-25-51-42(53-45(38)57(36)26-32-10-12-41(49)67-32)24-31-9-8-30(23-40(31)65-3)39(59)22-29-14-18-56(19-15-29)20-16-50-17-21-66-28-44(61)52-35-7-5-6-33-34(35)27-58(47(33)63)37-11-13-43(60)54-46(37)62/h5-10,12,23,25,29,36-37,50H,4,11,13-22,24,26-28H2,1-3H3,(H,52,61)(H,54,60,62)/t36-,37?/m1/s1. The number of aromatic nitrogens is 2. The van der Waals surface area contributed by atoms with Crippen LogP contribution in [-0.2, 0) is 43.4 Å². The van der Waals surface area contributed by atoms with Crippen molar-refractivity contribution in [2.75, 3.05) is 75.2 Å². The van der Waals surface area contributed by atoms with Crippen molar-refractivity contribution in [3.63, 3.8) is 0 Å². The number of anilines is 3. The number of nitrogens with one attached hydrogen (secondary N) is 3. The maximum Gasteiger partial charge on any atom is 0.255 e. The molecule has 1 unspecified atom stereocenters. The zero-order valence-electron chi connectivity index (χ0n) is 38.0. The van der Waals surface area contributed by atoms with Crippen molar-refractivity contribution in [1.29, 1.82) is 0 Å². The number of methoxy groups -OCH3 is 1. The Labute approximate surface area is 398 Å². The molecule has 4 aromatic rings. The van der Waals surface area contributed by atoms with Gasteiger partial charge in [-0.15, -0.1) is 11.3 Å². The minimum atomic E-state index is -0.733. The lowest BCUT2D eigenvalue weighted by Gasteiger charge is -2.40. The fraction of sp³-hybridized carbons (Fsp3) is 0.458. The molecule has 0 saturated carbocycles. The van der Waals surface area contributed by atoms with E-state index in [0.717, 1.165) is 49.5 Å². The smallest absolute Gasteiger partial charge is 0.255 e. The monoisotopic (exact) mass is 953 g/mol. The van der Waals surface area contributed by atoms with Crippen LogP contribution in [0.15, 0.2) is 54.7 Å². The molecule has 3 N–H and O–H groups in total. The summed E-state index contributed by atoms with van der Waals surface area (Å²) in [7, 11) is 3.36. The molecule has 4 aliphatic rings. The third kappa shape index (κ3) is 11.0. The van der Waals surface area contributed by atoms with E-state index in [1.54, 1.807) is 43.5 Å². The number of fused-ring (bicyclic) bond motifs is 2. The normalized spacial score (nSPS) is 18.8. The number of ether oxygens (including phenoxy) is 2. The topological polar surface area (TPSA) is 196 Å². The highest BCUT2D eigenvalue weighted by atomic mass is 35.5. The van der Waals surface area contributed by atoms with E-state index in [1.165, 1.54) is 16.2 Å². The molecule has 2 saturated heterocycles. The zero-order chi connectivity index (χ0) is 47.2. The number of halogens is 1. The van der Waals surface area contributed by atoms with Crippen molar-refractivity contribution in [3.8, 4) is 5.75 Å². The Hall–Kier alpha value is -5.79. The average Bonchev–Trinajstić information content (AvgIpc) is 3.90. The molecule has 0 radical (unpaired) electrons. The van der Waals surface area contributed by atoms with E-state index in [2.05, 4.69) is 25.8 Å². The van der Waals surface area contributed by atoms with Crippen LogP contribution in [0.3, 0.4) is 0 Å². The first-order valence-electron chi connectivity index (χ1n) is 22.8. The molecule has 0 spiro atoms. The lowest BCUT2D eigenvalue weighted by Crippen LogP contribution is -2.52. The van der Waals surface area contributed by atoms with Crippen LogP contribution < -0.4 is 30.5 Å². The molecule has 4 aliphatic heterocycles. The molecule has 2 atom stereocenters. The van der Waals surface area contributed by atoms with Crippen LogP contribution in [0.5, 0.6) is 5.75 Å². The first-order chi connectivity index (χ1) is 32.4. The molecular weight excluding hydrogens is 898 g/mol. The Morgan fingerprint density at radius 1 is 1.03 bits per heavy atom. The minimum absolute atomic E-state index is 0.00369. The number of thiophene rings is 1. The Morgan fingerprint density at radius 3 is 2.60 bits per heavy atom. The quantitative estimate of drug-likeness (QED) is 0.0657. The summed E-state index contributed by atoms with van der Waals surface area (Å²) >= 11 is 7.73. The number of rotatable bonds is 19. The first-order valence-corrected chi connectivity index (χ1v) is 24.0. The van der Waals surface area contributed by atoms with Gasteiger partial charge in [0.05, 0.1) is 30.8 Å². The first kappa shape index (κ1) is 47.7. The summed E-state index contributed by atoms with van der Waals surface area (Å²) in [6, 6.07) is 13.4. The summed E-state index contributed by atoms with van der Waals surface area (Å²) in [5, 5.41) is 8.52. The molecule has 17 nitrogen and oxygen atoms in total. The van der Waals surface area contributed by atoms with Crippen LogP contribution in [-0.4, -0.2) is 127 Å². The molecule has 8 rings (SSSR count). The molecule has 19 heteroatoms. The number of Topliss-reactive ketones (excluding diaryl/α,β-unsaturated/α-hetero) is 1. The highest BCUT2D eigenvalue weighted by Crippen LogP contribution is 2.38. The number of hydrogen-bond acceptors (Lipinski definition) is 14. The van der Waals surface area contributed by atoms with Gasteiger partial charge < -0.3 is 39.7 Å². The third-order valence-electron chi connectivity index (χ3n) is 13.0. The molecule has 0 bridgehead atoms. The molecule has 354 valence electrons. The second-order valence-electron chi connectivity index (χ2n) is 17.3. The Balaban J connectivity index is 0.741. The minimum Gasteiger partial charge on any atom is -0.496 e. The zero-order valence-corrected chi connectivity index (χ0v) is 39.5. The number of likely N-dealkylation sites (N-methyl/N-ethyl adjacent to an activating group) is 1. The van der Waals surface area contributed by atoms with Gasteiger partial charge in [-0.25, -0.2) is 9.97 Å². The van der Waals surface area contributed by atoms with E-state index in [9.17, 15) is 28.8 Å². The van der Waals surface area contributed by atoms with Crippen molar-refractivity contribution in [2.45, 2.75) is 77.0 Å². The van der Waals surface area contributed by atoms with Gasteiger partial charge in [-0.1, -0.05) is 36.7 Å². The number of amides is 5. The predicted molar refractivity (Wildman–Crippen MR) is 254 cm³/mol. The number of hydrogen-bond donors (Lipinski definition) is 3. The summed E-state index contributed by atoms with van der Waals surface area (Å²) in [6.07, 6.45) is 5.46. The number of carbonyl (C=O) groups is 6. The van der Waals surface area contributed by atoms with Gasteiger partial charge in [-0.3, -0.25) is 34.1 Å². The van der Waals surface area contributed by atoms with Gasteiger partial charge in [0.2, 0.25) is 23.6 Å². The van der Waals surface area contributed by atoms with E-state index >= 15 is 0 Å². The number of carbonyl (C=O) groups excluding carboxylic acids is 6. The number of likely N-dealkylation sites (tertiary alicyclic amines) is 1. The fourth-order valence-electron chi connectivity index (χ4n) is 9.33. The second kappa shape index (κ2) is 21.4. The maximum atomic E-state index is 13.5. The van der Waals surface area contributed by atoms with Crippen LogP contribution >= 0.6 is 22.9 Å². The van der Waals surface area contributed by atoms with Gasteiger partial charge in [0.25, 0.3) is 5.91 Å². The van der Waals surface area contributed by atoms with E-state index in [4.69, 9.17) is 26.1 Å². The lowest BCUT2D eigenvalue weighted by atomic mass is 9.89. The van der Waals surface area contributed by atoms with E-state index in [-0.39, 0.29) is 67.4 Å². The summed E-state index contributed by atoms with van der Waals surface area (Å²) in [4.78, 5) is 94.9. The predicted octanol–water partition coefficient (Wildman–Crippen LogP) is 4.84. The molecule has 67 heavy (non-hydrogen) atoms. The van der Waals surface area contributed by atoms with Gasteiger partial charge in [-0.2, -0.15) is 0 Å². The van der Waals surface area contributed by atoms with Crippen molar-refractivity contribution in [1.82, 2.24) is 30.4 Å². The highest BCUT2D eigenvalue weighted by Gasteiger charge is 2.40. The number of ketones is 1. The molecule has 5 amide bonds. The van der Waals surface area contributed by atoms with Crippen molar-refractivity contribution >= 4 is 75.4 Å². The van der Waals surface area contributed by atoms with Crippen LogP contribution in [0.1, 0.15) is 88.0 Å².